The van der Waals surface area contributed by atoms with Crippen molar-refractivity contribution in [3.63, 3.8) is 0 Å². The Kier molecular flexibility index (Phi) is 7.13. The molecule has 0 spiro atoms. The molecule has 1 aromatic carbocycles. The number of oxime groups is 1. The Morgan fingerprint density at radius 2 is 1.75 bits per heavy atom. The van der Waals surface area contributed by atoms with Crippen molar-refractivity contribution in [2.75, 3.05) is 6.61 Å². The van der Waals surface area contributed by atoms with Crippen LogP contribution in [0.2, 0.25) is 18.1 Å². The van der Waals surface area contributed by atoms with Gasteiger partial charge in [0.25, 0.3) is 0 Å². The molecule has 0 radical (unpaired) electrons. The molecule has 0 saturated carbocycles. The third kappa shape index (κ3) is 5.66. The average Bonchev–Trinajstić information content (AvgIpc) is 3.10. The van der Waals surface area contributed by atoms with Crippen molar-refractivity contribution in [3.05, 3.63) is 35.9 Å². The zero-order chi connectivity index (χ0) is 21.2. The van der Waals surface area contributed by atoms with Crippen LogP contribution < -0.4 is 0 Å². The lowest BCUT2D eigenvalue weighted by Gasteiger charge is -2.40. The predicted octanol–water partition coefficient (Wildman–Crippen LogP) is 4.34. The lowest BCUT2D eigenvalue weighted by molar-refractivity contribution is -0.0667. The summed E-state index contributed by atoms with van der Waals surface area (Å²) in [6, 6.07) is 9.82. The molecule has 0 unspecified atom stereocenters. The van der Waals surface area contributed by atoms with Gasteiger partial charge in [-0.1, -0.05) is 70.1 Å². The van der Waals surface area contributed by atoms with Crippen molar-refractivity contribution in [1.82, 2.24) is 0 Å². The molecule has 0 saturated heterocycles. The third-order valence-corrected chi connectivity index (χ3v) is 10.7. The Morgan fingerprint density at radius 3 is 2.32 bits per heavy atom. The molecule has 0 aromatic heterocycles. The highest BCUT2D eigenvalue weighted by Gasteiger charge is 2.41. The van der Waals surface area contributed by atoms with E-state index in [1.807, 2.05) is 44.2 Å². The summed E-state index contributed by atoms with van der Waals surface area (Å²) in [6.45, 7) is 15.5. The van der Waals surface area contributed by atoms with Crippen LogP contribution in [0, 0.1) is 5.41 Å². The van der Waals surface area contributed by atoms with Crippen LogP contribution >= 0.6 is 0 Å². The van der Waals surface area contributed by atoms with Crippen LogP contribution in [0.15, 0.2) is 35.5 Å². The van der Waals surface area contributed by atoms with Gasteiger partial charge in [-0.25, -0.2) is 0 Å². The molecule has 6 heteroatoms. The van der Waals surface area contributed by atoms with Gasteiger partial charge in [0.05, 0.1) is 17.9 Å². The summed E-state index contributed by atoms with van der Waals surface area (Å²) in [5, 5.41) is 25.6. The van der Waals surface area contributed by atoms with Crippen LogP contribution in [0.5, 0.6) is 0 Å². The Labute approximate surface area is 170 Å². The number of benzene rings is 1. The standard InChI is InChI=1S/C22H37NO4Si/c1-21(2,3)28(6,7)26-15-22(4,5)20(25)14-18(24)19-13-17(23-27-19)16-11-9-8-10-12-16/h8-12,18-20,24-25H,13-15H2,1-7H3/t18-,19-,20+/m0/s1. The monoisotopic (exact) mass is 407 g/mol. The van der Waals surface area contributed by atoms with Crippen LogP contribution in [0.1, 0.15) is 53.0 Å². The summed E-state index contributed by atoms with van der Waals surface area (Å²) in [5.74, 6) is 0. The zero-order valence-corrected chi connectivity index (χ0v) is 19.4. The summed E-state index contributed by atoms with van der Waals surface area (Å²) in [6.07, 6.45) is -1.14. The molecule has 1 aliphatic rings. The van der Waals surface area contributed by atoms with Crippen molar-refractivity contribution < 1.29 is 19.5 Å². The number of nitrogens with zero attached hydrogens (tertiary/aromatic N) is 1. The van der Waals surface area contributed by atoms with E-state index in [4.69, 9.17) is 9.26 Å². The van der Waals surface area contributed by atoms with Gasteiger partial charge in [-0.2, -0.15) is 0 Å². The van der Waals surface area contributed by atoms with E-state index in [1.165, 1.54) is 0 Å². The lowest BCUT2D eigenvalue weighted by atomic mass is 9.83. The van der Waals surface area contributed by atoms with Crippen molar-refractivity contribution in [2.45, 2.75) is 83.9 Å². The molecule has 2 N–H and O–H groups in total. The highest BCUT2D eigenvalue weighted by Crippen LogP contribution is 2.38. The summed E-state index contributed by atoms with van der Waals surface area (Å²) >= 11 is 0. The van der Waals surface area contributed by atoms with Gasteiger partial charge in [0, 0.05) is 24.9 Å². The maximum atomic E-state index is 10.8. The van der Waals surface area contributed by atoms with Crippen LogP contribution in [-0.2, 0) is 9.26 Å². The van der Waals surface area contributed by atoms with Crippen LogP contribution in [0.4, 0.5) is 0 Å². The van der Waals surface area contributed by atoms with E-state index in [1.54, 1.807) is 0 Å². The van der Waals surface area contributed by atoms with Crippen molar-refractivity contribution in [1.29, 1.82) is 0 Å². The minimum atomic E-state index is -1.89. The van der Waals surface area contributed by atoms with Crippen LogP contribution in [0.3, 0.4) is 0 Å². The maximum Gasteiger partial charge on any atom is 0.192 e. The molecule has 3 atom stereocenters. The van der Waals surface area contributed by atoms with Gasteiger partial charge in [-0.3, -0.25) is 0 Å². The molecule has 1 heterocycles. The van der Waals surface area contributed by atoms with Gasteiger partial charge < -0.3 is 19.5 Å². The van der Waals surface area contributed by atoms with Crippen molar-refractivity contribution in [2.24, 2.45) is 10.6 Å². The summed E-state index contributed by atoms with van der Waals surface area (Å²) < 4.78 is 6.31. The van der Waals surface area contributed by atoms with E-state index in [-0.39, 0.29) is 11.5 Å². The van der Waals surface area contributed by atoms with Crippen LogP contribution in [-0.4, -0.2) is 49.2 Å². The highest BCUT2D eigenvalue weighted by molar-refractivity contribution is 6.74. The van der Waals surface area contributed by atoms with Gasteiger partial charge in [-0.05, 0) is 23.7 Å². The lowest BCUT2D eigenvalue weighted by Crippen LogP contribution is -2.46. The van der Waals surface area contributed by atoms with E-state index in [0.717, 1.165) is 11.3 Å². The fourth-order valence-corrected chi connectivity index (χ4v) is 3.95. The zero-order valence-electron chi connectivity index (χ0n) is 18.4. The summed E-state index contributed by atoms with van der Waals surface area (Å²) in [7, 11) is -1.89. The number of hydrogen-bond donors (Lipinski definition) is 2. The maximum absolute atomic E-state index is 10.8. The number of aliphatic hydroxyl groups is 2. The molecule has 1 aromatic rings. The second kappa shape index (κ2) is 8.65. The largest absolute Gasteiger partial charge is 0.416 e. The first-order valence-electron chi connectivity index (χ1n) is 10.1. The van der Waals surface area contributed by atoms with E-state index in [0.29, 0.717) is 13.0 Å². The Morgan fingerprint density at radius 1 is 1.14 bits per heavy atom. The average molecular weight is 408 g/mol. The molecule has 2 rings (SSSR count). The normalized spacial score (nSPS) is 20.5. The predicted molar refractivity (Wildman–Crippen MR) is 116 cm³/mol. The fourth-order valence-electron chi connectivity index (χ4n) is 2.78. The molecule has 0 bridgehead atoms. The second-order valence-electron chi connectivity index (χ2n) is 10.1. The molecule has 0 amide bonds. The summed E-state index contributed by atoms with van der Waals surface area (Å²) in [5.41, 5.74) is 1.37. The minimum absolute atomic E-state index is 0.121. The molecule has 0 fully saturated rings. The molecule has 5 nitrogen and oxygen atoms in total. The number of aliphatic hydroxyl groups excluding tert-OH is 2. The topological polar surface area (TPSA) is 71.3 Å². The minimum Gasteiger partial charge on any atom is -0.416 e. The molecule has 28 heavy (non-hydrogen) atoms. The highest BCUT2D eigenvalue weighted by atomic mass is 28.4. The Balaban J connectivity index is 1.88. The molecule has 0 aliphatic carbocycles. The summed E-state index contributed by atoms with van der Waals surface area (Å²) in [4.78, 5) is 5.46. The van der Waals surface area contributed by atoms with E-state index < -0.39 is 32.0 Å². The fraction of sp³-hybridized carbons (Fsp3) is 0.682. The number of rotatable bonds is 8. The first-order chi connectivity index (χ1) is 12.8. The first-order valence-corrected chi connectivity index (χ1v) is 13.0. The van der Waals surface area contributed by atoms with Gasteiger partial charge in [0.2, 0.25) is 0 Å². The quantitative estimate of drug-likeness (QED) is 0.629. The third-order valence-electron chi connectivity index (χ3n) is 6.21. The van der Waals surface area contributed by atoms with Gasteiger partial charge in [0.15, 0.2) is 14.4 Å². The van der Waals surface area contributed by atoms with E-state index >= 15 is 0 Å². The molecular formula is C22H37NO4Si. The molecule has 1 aliphatic heterocycles. The first kappa shape index (κ1) is 23.1. The van der Waals surface area contributed by atoms with Crippen LogP contribution in [0.25, 0.3) is 0 Å². The molecule has 158 valence electrons. The van der Waals surface area contributed by atoms with Gasteiger partial charge in [-0.15, -0.1) is 0 Å². The van der Waals surface area contributed by atoms with Crippen molar-refractivity contribution in [3.8, 4) is 0 Å². The van der Waals surface area contributed by atoms with Gasteiger partial charge in [0.1, 0.15) is 0 Å². The Hall–Kier alpha value is -1.21. The SMILES string of the molecule is CC(C)(CO[Si](C)(C)C(C)(C)C)[C@H](O)C[C@H](O)[C@@H]1CC(c2ccccc2)=NO1. The molecular weight excluding hydrogens is 370 g/mol. The van der Waals surface area contributed by atoms with Crippen molar-refractivity contribution >= 4 is 14.0 Å². The number of hydrogen-bond acceptors (Lipinski definition) is 5. The Bertz CT molecular complexity index is 667. The second-order valence-corrected chi connectivity index (χ2v) is 14.9. The smallest absolute Gasteiger partial charge is 0.192 e. The van der Waals surface area contributed by atoms with E-state index in [9.17, 15) is 10.2 Å². The van der Waals surface area contributed by atoms with E-state index in [2.05, 4.69) is 39.0 Å². The van der Waals surface area contributed by atoms with Gasteiger partial charge >= 0.3 is 0 Å².